The molecule has 10 heteroatoms. The number of carbonyl (C=O) groups excluding carboxylic acids is 1. The summed E-state index contributed by atoms with van der Waals surface area (Å²) >= 11 is 0. The second-order valence-electron chi connectivity index (χ2n) is 14.1. The molecule has 0 unspecified atom stereocenters. The van der Waals surface area contributed by atoms with Crippen LogP contribution in [0, 0.1) is 39.2 Å². The molecule has 4 atom stereocenters. The highest BCUT2D eigenvalue weighted by Gasteiger charge is 2.56. The third-order valence-corrected chi connectivity index (χ3v) is 12.4. The molecule has 1 amide bonds. The van der Waals surface area contributed by atoms with Gasteiger partial charge in [-0.15, -0.1) is 0 Å². The fraction of sp³-hybridized carbons (Fsp3) is 0.472. The molecule has 3 aromatic rings. The number of carbonyl (C=O) groups is 1. The van der Waals surface area contributed by atoms with Crippen LogP contribution in [0.4, 0.5) is 17.1 Å². The van der Waals surface area contributed by atoms with E-state index in [1.54, 1.807) is 24.3 Å². The van der Waals surface area contributed by atoms with Crippen LogP contribution in [0.3, 0.4) is 0 Å². The van der Waals surface area contributed by atoms with Gasteiger partial charge in [0.1, 0.15) is 5.69 Å². The van der Waals surface area contributed by atoms with E-state index in [9.17, 15) is 23.3 Å². The van der Waals surface area contributed by atoms with Gasteiger partial charge in [-0.05, 0) is 102 Å². The quantitative estimate of drug-likeness (QED) is 0.151. The van der Waals surface area contributed by atoms with Gasteiger partial charge < -0.3 is 10.6 Å². The minimum absolute atomic E-state index is 0.165. The summed E-state index contributed by atoms with van der Waals surface area (Å²) in [5, 5.41) is 18.7. The van der Waals surface area contributed by atoms with Gasteiger partial charge in [-0.1, -0.05) is 64.3 Å². The first-order chi connectivity index (χ1) is 21.9. The molecule has 244 valence electrons. The van der Waals surface area contributed by atoms with Crippen molar-refractivity contribution in [2.75, 3.05) is 17.2 Å². The number of benzene rings is 3. The number of hydrogen-bond donors (Lipinski definition) is 3. The Morgan fingerprint density at radius 2 is 1.59 bits per heavy atom. The molecular weight excluding hydrogens is 600 g/mol. The Kier molecular flexibility index (Phi) is 8.85. The largest absolute Gasteiger partial charge is 0.382 e. The van der Waals surface area contributed by atoms with Crippen molar-refractivity contribution in [1.29, 1.82) is 0 Å². The minimum Gasteiger partial charge on any atom is -0.382 e. The van der Waals surface area contributed by atoms with Gasteiger partial charge in [0.25, 0.3) is 21.6 Å². The van der Waals surface area contributed by atoms with E-state index < -0.39 is 20.9 Å². The first-order valence-electron chi connectivity index (χ1n) is 16.5. The molecular formula is C36H44N4O5S. The lowest BCUT2D eigenvalue weighted by atomic mass is 9.45. The van der Waals surface area contributed by atoms with Crippen LogP contribution in [-0.2, 0) is 10.0 Å². The van der Waals surface area contributed by atoms with Crippen molar-refractivity contribution >= 4 is 33.0 Å². The summed E-state index contributed by atoms with van der Waals surface area (Å²) in [6, 6.07) is 19.1. The van der Waals surface area contributed by atoms with E-state index in [0.717, 1.165) is 60.4 Å². The molecule has 0 radical (unpaired) electrons. The Labute approximate surface area is 271 Å². The van der Waals surface area contributed by atoms with Crippen LogP contribution >= 0.6 is 0 Å². The number of nitro groups is 1. The number of hydrogen-bond acceptors (Lipinski definition) is 7. The summed E-state index contributed by atoms with van der Waals surface area (Å²) in [4.78, 5) is 23.8. The van der Waals surface area contributed by atoms with Crippen LogP contribution in [0.2, 0.25) is 0 Å². The van der Waals surface area contributed by atoms with Gasteiger partial charge in [0, 0.05) is 29.9 Å². The zero-order valence-corrected chi connectivity index (χ0v) is 27.6. The van der Waals surface area contributed by atoms with Crippen LogP contribution in [0.1, 0.15) is 76.1 Å². The zero-order chi connectivity index (χ0) is 32.6. The third kappa shape index (κ3) is 6.49. The fourth-order valence-electron chi connectivity index (χ4n) is 7.99. The zero-order valence-electron chi connectivity index (χ0n) is 26.8. The third-order valence-electron chi connectivity index (χ3n) is 11.1. The molecule has 3 N–H and O–H groups in total. The van der Waals surface area contributed by atoms with E-state index in [-0.39, 0.29) is 21.8 Å². The summed E-state index contributed by atoms with van der Waals surface area (Å²) in [5.41, 5.74) is 3.51. The molecule has 0 aromatic heterocycles. The first kappa shape index (κ1) is 32.0. The maximum atomic E-state index is 13.1. The van der Waals surface area contributed by atoms with Crippen LogP contribution in [-0.4, -0.2) is 31.8 Å². The molecule has 0 heterocycles. The van der Waals surface area contributed by atoms with Crippen molar-refractivity contribution in [1.82, 2.24) is 4.72 Å². The maximum Gasteiger partial charge on any atom is 0.293 e. The normalized spacial score (nSPS) is 24.0. The van der Waals surface area contributed by atoms with Gasteiger partial charge in [0.2, 0.25) is 0 Å². The van der Waals surface area contributed by atoms with Gasteiger partial charge in [0.15, 0.2) is 0 Å². The number of nitro benzene ring substituents is 1. The number of rotatable bonds is 10. The van der Waals surface area contributed by atoms with E-state index in [4.69, 9.17) is 0 Å². The lowest BCUT2D eigenvalue weighted by molar-refractivity contribution is -0.384. The van der Waals surface area contributed by atoms with Crippen molar-refractivity contribution < 1.29 is 18.1 Å². The van der Waals surface area contributed by atoms with Gasteiger partial charge in [-0.25, -0.2) is 13.1 Å². The molecule has 4 saturated carbocycles. The van der Waals surface area contributed by atoms with Crippen LogP contribution in [0.25, 0.3) is 11.1 Å². The number of sulfonamides is 1. The number of nitrogens with one attached hydrogen (secondary N) is 3. The average molecular weight is 645 g/mol. The molecule has 2 bridgehead atoms. The average Bonchev–Trinajstić information content (AvgIpc) is 3.05. The molecule has 0 spiro atoms. The van der Waals surface area contributed by atoms with E-state index in [1.807, 2.05) is 12.1 Å². The lowest BCUT2D eigenvalue weighted by Crippen LogP contribution is -2.58. The second-order valence-corrected chi connectivity index (χ2v) is 15.8. The standard InChI is InChI=1S/C36H44N4O5S/c1-23-31-19-28(36(31,2)3)20-33(23)38-29-15-13-26(14-16-29)25-9-11-27(12-10-25)35(41)39-46(44,45)30-17-18-32(34(21-30)40(42)43)37-22-24-7-5-4-6-8-24/h9-18,21,23-24,28,31,33,37-38H,4-8,19-20,22H2,1-3H3,(H,39,41)/t23-,28-,31-,33-/m1/s1. The maximum absolute atomic E-state index is 13.1. The van der Waals surface area contributed by atoms with E-state index in [2.05, 4.69) is 48.3 Å². The van der Waals surface area contributed by atoms with E-state index in [1.165, 1.54) is 31.4 Å². The van der Waals surface area contributed by atoms with Crippen molar-refractivity contribution in [2.45, 2.75) is 76.7 Å². The molecule has 3 aromatic carbocycles. The smallest absolute Gasteiger partial charge is 0.293 e. The van der Waals surface area contributed by atoms with Gasteiger partial charge in [-0.3, -0.25) is 14.9 Å². The predicted octanol–water partition coefficient (Wildman–Crippen LogP) is 7.86. The molecule has 4 aliphatic carbocycles. The van der Waals surface area contributed by atoms with E-state index in [0.29, 0.717) is 29.8 Å². The van der Waals surface area contributed by atoms with E-state index >= 15 is 0 Å². The van der Waals surface area contributed by atoms with Crippen molar-refractivity contribution in [3.05, 3.63) is 82.4 Å². The van der Waals surface area contributed by atoms with Crippen LogP contribution in [0.15, 0.2) is 71.6 Å². The molecule has 4 fully saturated rings. The summed E-state index contributed by atoms with van der Waals surface area (Å²) < 4.78 is 28.2. The van der Waals surface area contributed by atoms with Crippen molar-refractivity contribution in [3.63, 3.8) is 0 Å². The van der Waals surface area contributed by atoms with Gasteiger partial charge in [0.05, 0.1) is 9.82 Å². The minimum atomic E-state index is -4.35. The SMILES string of the molecule is C[C@@H]1[C@H]2C[C@H](C[C@H]1Nc1ccc(-c3ccc(C(=O)NS(=O)(=O)c4ccc(NCC5CCCCC5)c([N+](=O)[O-])c4)cc3)cc1)C2(C)C. The number of fused-ring (bicyclic) bond motifs is 2. The number of nitrogens with zero attached hydrogens (tertiary/aromatic N) is 1. The highest BCUT2D eigenvalue weighted by atomic mass is 32.2. The summed E-state index contributed by atoms with van der Waals surface area (Å²) in [6.45, 7) is 7.78. The van der Waals surface area contributed by atoms with Crippen molar-refractivity contribution in [2.24, 2.45) is 29.1 Å². The Morgan fingerprint density at radius 3 is 2.20 bits per heavy atom. The molecule has 0 aliphatic heterocycles. The predicted molar refractivity (Wildman–Crippen MR) is 181 cm³/mol. The molecule has 0 saturated heterocycles. The second kappa shape index (κ2) is 12.7. The van der Waals surface area contributed by atoms with Gasteiger partial charge >= 0.3 is 0 Å². The van der Waals surface area contributed by atoms with Crippen molar-refractivity contribution in [3.8, 4) is 11.1 Å². The topological polar surface area (TPSA) is 130 Å². The number of amides is 1. The lowest BCUT2D eigenvalue weighted by Gasteiger charge is -2.62. The number of anilines is 2. The molecule has 7 rings (SSSR count). The summed E-state index contributed by atoms with van der Waals surface area (Å²) in [7, 11) is -4.35. The first-order valence-corrected chi connectivity index (χ1v) is 18.0. The Morgan fingerprint density at radius 1 is 0.935 bits per heavy atom. The van der Waals surface area contributed by atoms with Crippen LogP contribution < -0.4 is 15.4 Å². The Balaban J connectivity index is 1.07. The fourth-order valence-corrected chi connectivity index (χ4v) is 8.99. The molecule has 46 heavy (non-hydrogen) atoms. The molecule has 9 nitrogen and oxygen atoms in total. The molecule has 4 aliphatic rings. The van der Waals surface area contributed by atoms with Crippen LogP contribution in [0.5, 0.6) is 0 Å². The highest BCUT2D eigenvalue weighted by Crippen LogP contribution is 2.61. The summed E-state index contributed by atoms with van der Waals surface area (Å²) in [5.74, 6) is 1.81. The Bertz CT molecular complexity index is 1700. The Hall–Kier alpha value is -3.92. The summed E-state index contributed by atoms with van der Waals surface area (Å²) in [6.07, 6.45) is 8.21. The van der Waals surface area contributed by atoms with Gasteiger partial charge in [-0.2, -0.15) is 0 Å². The monoisotopic (exact) mass is 644 g/mol. The highest BCUT2D eigenvalue weighted by molar-refractivity contribution is 7.90.